The van der Waals surface area contributed by atoms with Gasteiger partial charge in [0.15, 0.2) is 0 Å². The van der Waals surface area contributed by atoms with Crippen molar-refractivity contribution in [3.05, 3.63) is 68.4 Å². The van der Waals surface area contributed by atoms with Gasteiger partial charge in [0, 0.05) is 4.47 Å². The molecule has 0 spiro atoms. The van der Waals surface area contributed by atoms with Crippen LogP contribution in [0.2, 0.25) is 0 Å². The summed E-state index contributed by atoms with van der Waals surface area (Å²) in [5, 5.41) is 3.48. The summed E-state index contributed by atoms with van der Waals surface area (Å²) in [6.45, 7) is 9.09. The molecule has 0 aliphatic heterocycles. The molecule has 0 aliphatic carbocycles. The van der Waals surface area contributed by atoms with E-state index in [2.05, 4.69) is 54.2 Å². The van der Waals surface area contributed by atoms with E-state index in [1.54, 1.807) is 6.07 Å². The molecular formula is C18H21BrFN. The topological polar surface area (TPSA) is 12.0 Å². The summed E-state index contributed by atoms with van der Waals surface area (Å²) in [7, 11) is 0. The van der Waals surface area contributed by atoms with Crippen molar-refractivity contribution < 1.29 is 4.39 Å². The van der Waals surface area contributed by atoms with E-state index in [0.717, 1.165) is 22.1 Å². The highest BCUT2D eigenvalue weighted by atomic mass is 79.9. The van der Waals surface area contributed by atoms with Crippen LogP contribution in [0.5, 0.6) is 0 Å². The van der Waals surface area contributed by atoms with Crippen LogP contribution in [0.1, 0.15) is 40.8 Å². The third-order valence-electron chi connectivity index (χ3n) is 3.75. The van der Waals surface area contributed by atoms with Gasteiger partial charge in [-0.2, -0.15) is 0 Å². The second-order valence-corrected chi connectivity index (χ2v) is 6.25. The van der Waals surface area contributed by atoms with E-state index in [-0.39, 0.29) is 11.9 Å². The number of nitrogens with one attached hydrogen (secondary N) is 1. The smallest absolute Gasteiger partial charge is 0.123 e. The maximum absolute atomic E-state index is 13.7. The molecule has 1 N–H and O–H groups in total. The minimum absolute atomic E-state index is 0.0104. The summed E-state index contributed by atoms with van der Waals surface area (Å²) < 4.78 is 14.8. The van der Waals surface area contributed by atoms with Crippen molar-refractivity contribution >= 4 is 15.9 Å². The predicted molar refractivity (Wildman–Crippen MR) is 90.3 cm³/mol. The standard InChI is InChI=1S/C18H21BrFN/c1-5-21-18(16-10-15(20)7-6-11(16)2)14-8-12(3)17(19)13(4)9-14/h6-10,18,21H,5H2,1-4H3. The van der Waals surface area contributed by atoms with E-state index in [1.165, 1.54) is 22.8 Å². The Morgan fingerprint density at radius 3 is 2.24 bits per heavy atom. The number of halogens is 2. The average molecular weight is 350 g/mol. The number of rotatable bonds is 4. The quantitative estimate of drug-likeness (QED) is 0.798. The van der Waals surface area contributed by atoms with Gasteiger partial charge < -0.3 is 5.32 Å². The van der Waals surface area contributed by atoms with Crippen LogP contribution < -0.4 is 5.32 Å². The lowest BCUT2D eigenvalue weighted by molar-refractivity contribution is 0.600. The first kappa shape index (κ1) is 16.2. The van der Waals surface area contributed by atoms with E-state index in [1.807, 2.05) is 13.0 Å². The normalized spacial score (nSPS) is 12.5. The summed E-state index contributed by atoms with van der Waals surface area (Å²) in [6.07, 6.45) is 0. The fourth-order valence-electron chi connectivity index (χ4n) is 2.68. The second kappa shape index (κ2) is 6.71. The van der Waals surface area contributed by atoms with Crippen LogP contribution in [-0.4, -0.2) is 6.54 Å². The Labute approximate surface area is 134 Å². The van der Waals surface area contributed by atoms with Gasteiger partial charge in [0.25, 0.3) is 0 Å². The zero-order valence-electron chi connectivity index (χ0n) is 12.9. The molecule has 3 heteroatoms. The lowest BCUT2D eigenvalue weighted by Crippen LogP contribution is -2.23. The third kappa shape index (κ3) is 3.53. The first-order valence-electron chi connectivity index (χ1n) is 7.20. The molecular weight excluding hydrogens is 329 g/mol. The first-order valence-corrected chi connectivity index (χ1v) is 7.99. The SMILES string of the molecule is CCNC(c1cc(C)c(Br)c(C)c1)c1cc(F)ccc1C. The molecule has 1 unspecified atom stereocenters. The minimum atomic E-state index is -0.191. The first-order chi connectivity index (χ1) is 9.93. The number of benzene rings is 2. The van der Waals surface area contributed by atoms with Gasteiger partial charge in [-0.1, -0.05) is 41.1 Å². The highest BCUT2D eigenvalue weighted by Gasteiger charge is 2.17. The van der Waals surface area contributed by atoms with Crippen molar-refractivity contribution in [1.29, 1.82) is 0 Å². The molecule has 2 aromatic rings. The van der Waals surface area contributed by atoms with E-state index < -0.39 is 0 Å². The summed E-state index contributed by atoms with van der Waals surface area (Å²) in [6, 6.07) is 9.32. The monoisotopic (exact) mass is 349 g/mol. The van der Waals surface area contributed by atoms with E-state index in [9.17, 15) is 4.39 Å². The van der Waals surface area contributed by atoms with Gasteiger partial charge in [-0.15, -0.1) is 0 Å². The molecule has 0 saturated carbocycles. The lowest BCUT2D eigenvalue weighted by Gasteiger charge is -2.22. The summed E-state index contributed by atoms with van der Waals surface area (Å²) >= 11 is 3.60. The van der Waals surface area contributed by atoms with Crippen LogP contribution in [0.25, 0.3) is 0 Å². The maximum Gasteiger partial charge on any atom is 0.123 e. The predicted octanol–water partition coefficient (Wildman–Crippen LogP) is 5.21. The summed E-state index contributed by atoms with van der Waals surface area (Å²) in [4.78, 5) is 0. The molecule has 1 atom stereocenters. The molecule has 0 saturated heterocycles. The van der Waals surface area contributed by atoms with Gasteiger partial charge in [-0.25, -0.2) is 4.39 Å². The molecule has 2 rings (SSSR count). The molecule has 0 heterocycles. The van der Waals surface area contributed by atoms with Crippen LogP contribution >= 0.6 is 15.9 Å². The molecule has 0 radical (unpaired) electrons. The summed E-state index contributed by atoms with van der Waals surface area (Å²) in [5.41, 5.74) is 5.66. The van der Waals surface area contributed by atoms with Crippen molar-refractivity contribution in [2.75, 3.05) is 6.54 Å². The Balaban J connectivity index is 2.56. The Bertz CT molecular complexity index is 629. The number of aryl methyl sites for hydroxylation is 3. The molecule has 0 fully saturated rings. The second-order valence-electron chi connectivity index (χ2n) is 5.46. The highest BCUT2D eigenvalue weighted by Crippen LogP contribution is 2.30. The van der Waals surface area contributed by atoms with Gasteiger partial charge in [0.2, 0.25) is 0 Å². The van der Waals surface area contributed by atoms with Gasteiger partial charge >= 0.3 is 0 Å². The fraction of sp³-hybridized carbons (Fsp3) is 0.333. The Morgan fingerprint density at radius 2 is 1.67 bits per heavy atom. The lowest BCUT2D eigenvalue weighted by atomic mass is 9.92. The van der Waals surface area contributed by atoms with E-state index in [4.69, 9.17) is 0 Å². The maximum atomic E-state index is 13.7. The van der Waals surface area contributed by atoms with Crippen LogP contribution in [0.3, 0.4) is 0 Å². The van der Waals surface area contributed by atoms with Crippen molar-refractivity contribution in [2.45, 2.75) is 33.7 Å². The van der Waals surface area contributed by atoms with Crippen LogP contribution in [-0.2, 0) is 0 Å². The van der Waals surface area contributed by atoms with Gasteiger partial charge in [0.05, 0.1) is 6.04 Å². The van der Waals surface area contributed by atoms with Gasteiger partial charge in [-0.3, -0.25) is 0 Å². The zero-order valence-corrected chi connectivity index (χ0v) is 14.5. The number of hydrogen-bond donors (Lipinski definition) is 1. The Morgan fingerprint density at radius 1 is 1.05 bits per heavy atom. The van der Waals surface area contributed by atoms with E-state index >= 15 is 0 Å². The minimum Gasteiger partial charge on any atom is -0.307 e. The third-order valence-corrected chi connectivity index (χ3v) is 5.00. The van der Waals surface area contributed by atoms with E-state index in [0.29, 0.717) is 0 Å². The summed E-state index contributed by atoms with van der Waals surface area (Å²) in [5.74, 6) is -0.191. The van der Waals surface area contributed by atoms with Crippen molar-refractivity contribution in [3.8, 4) is 0 Å². The number of hydrogen-bond acceptors (Lipinski definition) is 1. The Kier molecular flexibility index (Phi) is 5.17. The van der Waals surface area contributed by atoms with Crippen LogP contribution in [0.4, 0.5) is 4.39 Å². The molecule has 2 aromatic carbocycles. The molecule has 0 bridgehead atoms. The molecule has 21 heavy (non-hydrogen) atoms. The largest absolute Gasteiger partial charge is 0.307 e. The van der Waals surface area contributed by atoms with Gasteiger partial charge in [0.1, 0.15) is 5.82 Å². The molecule has 0 amide bonds. The van der Waals surface area contributed by atoms with Crippen LogP contribution in [0.15, 0.2) is 34.8 Å². The van der Waals surface area contributed by atoms with Crippen molar-refractivity contribution in [2.24, 2.45) is 0 Å². The molecule has 1 nitrogen and oxygen atoms in total. The Hall–Kier alpha value is -1.19. The van der Waals surface area contributed by atoms with Gasteiger partial charge in [-0.05, 0) is 67.3 Å². The fourth-order valence-corrected chi connectivity index (χ4v) is 2.91. The zero-order chi connectivity index (χ0) is 15.6. The van der Waals surface area contributed by atoms with Crippen molar-refractivity contribution in [1.82, 2.24) is 5.32 Å². The highest BCUT2D eigenvalue weighted by molar-refractivity contribution is 9.10. The average Bonchev–Trinajstić information content (AvgIpc) is 2.44. The molecule has 112 valence electrons. The molecule has 0 aliphatic rings. The molecule has 0 aromatic heterocycles. The van der Waals surface area contributed by atoms with Crippen molar-refractivity contribution in [3.63, 3.8) is 0 Å². The van der Waals surface area contributed by atoms with Crippen LogP contribution in [0, 0.1) is 26.6 Å².